The quantitative estimate of drug-likeness (QED) is 0.336. The van der Waals surface area contributed by atoms with Gasteiger partial charge in [0.2, 0.25) is 0 Å². The second-order valence-corrected chi connectivity index (χ2v) is 4.25. The lowest BCUT2D eigenvalue weighted by atomic mass is 9.92. The predicted molar refractivity (Wildman–Crippen MR) is 51.3 cm³/mol. The molecular formula is C10H16ClF. The van der Waals surface area contributed by atoms with Crippen LogP contribution < -0.4 is 0 Å². The summed E-state index contributed by atoms with van der Waals surface area (Å²) in [4.78, 5) is 0. The topological polar surface area (TPSA) is 0 Å². The van der Waals surface area contributed by atoms with Crippen LogP contribution in [0.5, 0.6) is 0 Å². The van der Waals surface area contributed by atoms with E-state index in [9.17, 15) is 4.39 Å². The first kappa shape index (κ1) is 10.0. The summed E-state index contributed by atoms with van der Waals surface area (Å²) in [5, 5.41) is -0.0417. The first-order valence-corrected chi connectivity index (χ1v) is 5.00. The van der Waals surface area contributed by atoms with Crippen molar-refractivity contribution in [2.45, 2.75) is 44.2 Å². The Hall–Kier alpha value is -0.0400. The highest BCUT2D eigenvalue weighted by molar-refractivity contribution is 6.21. The maximum atomic E-state index is 13.5. The molecule has 0 aliphatic heterocycles. The van der Waals surface area contributed by atoms with Gasteiger partial charge in [0.15, 0.2) is 0 Å². The smallest absolute Gasteiger partial charge is 0.108 e. The van der Waals surface area contributed by atoms with Crippen LogP contribution in [0.3, 0.4) is 0 Å². The molecular weight excluding hydrogens is 175 g/mol. The van der Waals surface area contributed by atoms with E-state index in [1.165, 1.54) is 0 Å². The number of hydrogen-bond donors (Lipinski definition) is 0. The van der Waals surface area contributed by atoms with Crippen molar-refractivity contribution in [1.29, 1.82) is 0 Å². The third kappa shape index (κ3) is 2.22. The van der Waals surface area contributed by atoms with Crippen LogP contribution in [-0.2, 0) is 0 Å². The molecule has 70 valence electrons. The van der Waals surface area contributed by atoms with E-state index < -0.39 is 6.17 Å². The first-order chi connectivity index (χ1) is 5.63. The summed E-state index contributed by atoms with van der Waals surface area (Å²) in [5.41, 5.74) is 0.893. The molecule has 0 bridgehead atoms. The van der Waals surface area contributed by atoms with E-state index in [4.69, 9.17) is 11.6 Å². The number of allylic oxidation sites excluding steroid dienone is 1. The van der Waals surface area contributed by atoms with Crippen molar-refractivity contribution in [2.75, 3.05) is 0 Å². The molecule has 1 fully saturated rings. The SMILES string of the molecule is C=C(C)C1C(F)CCCCC1Cl. The Balaban J connectivity index is 2.68. The van der Waals surface area contributed by atoms with Crippen LogP contribution in [0.25, 0.3) is 0 Å². The molecule has 0 nitrogen and oxygen atoms in total. The molecule has 0 aromatic heterocycles. The van der Waals surface area contributed by atoms with Crippen LogP contribution >= 0.6 is 11.6 Å². The van der Waals surface area contributed by atoms with E-state index in [1.54, 1.807) is 0 Å². The van der Waals surface area contributed by atoms with E-state index in [2.05, 4.69) is 6.58 Å². The lowest BCUT2D eigenvalue weighted by Gasteiger charge is -2.22. The Morgan fingerprint density at radius 3 is 2.58 bits per heavy atom. The summed E-state index contributed by atoms with van der Waals surface area (Å²) >= 11 is 6.08. The lowest BCUT2D eigenvalue weighted by Crippen LogP contribution is -2.24. The van der Waals surface area contributed by atoms with Crippen LogP contribution in [0.4, 0.5) is 4.39 Å². The molecule has 1 rings (SSSR count). The van der Waals surface area contributed by atoms with E-state index in [0.29, 0.717) is 6.42 Å². The van der Waals surface area contributed by atoms with Gasteiger partial charge in [0.25, 0.3) is 0 Å². The van der Waals surface area contributed by atoms with Gasteiger partial charge >= 0.3 is 0 Å². The van der Waals surface area contributed by atoms with Crippen molar-refractivity contribution in [3.8, 4) is 0 Å². The molecule has 1 aliphatic carbocycles. The van der Waals surface area contributed by atoms with Gasteiger partial charge in [-0.25, -0.2) is 4.39 Å². The highest BCUT2D eigenvalue weighted by atomic mass is 35.5. The van der Waals surface area contributed by atoms with Gasteiger partial charge < -0.3 is 0 Å². The summed E-state index contributed by atoms with van der Waals surface area (Å²) in [6, 6.07) is 0. The van der Waals surface area contributed by atoms with Gasteiger partial charge in [-0.2, -0.15) is 0 Å². The van der Waals surface area contributed by atoms with E-state index in [0.717, 1.165) is 24.8 Å². The molecule has 3 atom stereocenters. The zero-order valence-electron chi connectivity index (χ0n) is 7.52. The fourth-order valence-corrected chi connectivity index (χ4v) is 2.41. The average Bonchev–Trinajstić information content (AvgIpc) is 2.11. The van der Waals surface area contributed by atoms with Crippen LogP contribution in [0.2, 0.25) is 0 Å². The van der Waals surface area contributed by atoms with Crippen molar-refractivity contribution in [3.05, 3.63) is 12.2 Å². The van der Waals surface area contributed by atoms with Crippen molar-refractivity contribution < 1.29 is 4.39 Å². The van der Waals surface area contributed by atoms with Crippen LogP contribution in [0.1, 0.15) is 32.6 Å². The molecule has 0 radical (unpaired) electrons. The van der Waals surface area contributed by atoms with Crippen molar-refractivity contribution in [3.63, 3.8) is 0 Å². The zero-order valence-corrected chi connectivity index (χ0v) is 8.28. The van der Waals surface area contributed by atoms with Gasteiger partial charge in [-0.1, -0.05) is 25.0 Å². The molecule has 0 spiro atoms. The van der Waals surface area contributed by atoms with Gasteiger partial charge in [-0.3, -0.25) is 0 Å². The van der Waals surface area contributed by atoms with Crippen molar-refractivity contribution in [2.24, 2.45) is 5.92 Å². The van der Waals surface area contributed by atoms with Gasteiger partial charge in [0.1, 0.15) is 6.17 Å². The zero-order chi connectivity index (χ0) is 9.14. The van der Waals surface area contributed by atoms with Gasteiger partial charge in [-0.05, 0) is 19.8 Å². The fraction of sp³-hybridized carbons (Fsp3) is 0.800. The predicted octanol–water partition coefficient (Wildman–Crippen LogP) is 3.70. The van der Waals surface area contributed by atoms with Crippen LogP contribution in [-0.4, -0.2) is 11.5 Å². The molecule has 0 N–H and O–H groups in total. The van der Waals surface area contributed by atoms with Gasteiger partial charge in [0.05, 0.1) is 0 Å². The normalized spacial score (nSPS) is 37.4. The molecule has 0 heterocycles. The Labute approximate surface area is 78.8 Å². The maximum Gasteiger partial charge on any atom is 0.108 e. The molecule has 2 heteroatoms. The Morgan fingerprint density at radius 1 is 1.42 bits per heavy atom. The Kier molecular flexibility index (Phi) is 3.57. The summed E-state index contributed by atoms with van der Waals surface area (Å²) in [6.07, 6.45) is 2.83. The molecule has 0 aromatic carbocycles. The largest absolute Gasteiger partial charge is 0.247 e. The minimum absolute atomic E-state index is 0.0417. The van der Waals surface area contributed by atoms with Crippen molar-refractivity contribution >= 4 is 11.6 Å². The highest BCUT2D eigenvalue weighted by Crippen LogP contribution is 2.33. The molecule has 1 aliphatic rings. The summed E-state index contributed by atoms with van der Waals surface area (Å²) in [7, 11) is 0. The van der Waals surface area contributed by atoms with Crippen molar-refractivity contribution in [1.82, 2.24) is 0 Å². The number of hydrogen-bond acceptors (Lipinski definition) is 0. The number of halogens is 2. The van der Waals surface area contributed by atoms with E-state index in [1.807, 2.05) is 6.92 Å². The Bertz CT molecular complexity index is 155. The molecule has 1 saturated carbocycles. The molecule has 0 amide bonds. The number of rotatable bonds is 1. The first-order valence-electron chi connectivity index (χ1n) is 4.56. The maximum absolute atomic E-state index is 13.5. The number of alkyl halides is 2. The highest BCUT2D eigenvalue weighted by Gasteiger charge is 2.30. The average molecular weight is 191 g/mol. The second-order valence-electron chi connectivity index (χ2n) is 3.69. The summed E-state index contributed by atoms with van der Waals surface area (Å²) in [6.45, 7) is 5.67. The minimum atomic E-state index is -0.771. The van der Waals surface area contributed by atoms with E-state index in [-0.39, 0.29) is 11.3 Å². The van der Waals surface area contributed by atoms with Gasteiger partial charge in [-0.15, -0.1) is 11.6 Å². The molecule has 0 saturated heterocycles. The van der Waals surface area contributed by atoms with Crippen LogP contribution in [0, 0.1) is 5.92 Å². The monoisotopic (exact) mass is 190 g/mol. The fourth-order valence-electron chi connectivity index (χ4n) is 1.88. The summed E-state index contributed by atoms with van der Waals surface area (Å²) in [5.74, 6) is -0.117. The lowest BCUT2D eigenvalue weighted by molar-refractivity contribution is 0.243. The second kappa shape index (κ2) is 4.27. The molecule has 3 unspecified atom stereocenters. The van der Waals surface area contributed by atoms with E-state index >= 15 is 0 Å². The minimum Gasteiger partial charge on any atom is -0.247 e. The molecule has 0 aromatic rings. The Morgan fingerprint density at radius 2 is 2.00 bits per heavy atom. The van der Waals surface area contributed by atoms with Crippen LogP contribution in [0.15, 0.2) is 12.2 Å². The third-order valence-electron chi connectivity index (χ3n) is 2.56. The third-order valence-corrected chi connectivity index (χ3v) is 3.05. The standard InChI is InChI=1S/C10H16ClF/c1-7(2)10-8(11)5-3-4-6-9(10)12/h8-10H,1,3-6H2,2H3. The molecule has 12 heavy (non-hydrogen) atoms. The van der Waals surface area contributed by atoms with Gasteiger partial charge in [0, 0.05) is 11.3 Å². The summed E-state index contributed by atoms with van der Waals surface area (Å²) < 4.78 is 13.5.